The first-order valence-corrected chi connectivity index (χ1v) is 12.2. The van der Waals surface area contributed by atoms with Crippen molar-refractivity contribution in [3.8, 4) is 0 Å². The Hall–Kier alpha value is -1.64. The van der Waals surface area contributed by atoms with E-state index in [4.69, 9.17) is 0 Å². The summed E-state index contributed by atoms with van der Waals surface area (Å²) in [5, 5.41) is 3.45. The molecule has 4 rings (SSSR count). The van der Waals surface area contributed by atoms with Gasteiger partial charge in [-0.05, 0) is 42.9 Å². The minimum absolute atomic E-state index is 0. The second-order valence-corrected chi connectivity index (χ2v) is 10.7. The number of carbonyl (C=O) groups is 2. The van der Waals surface area contributed by atoms with Crippen LogP contribution < -0.4 is 5.32 Å². The topological polar surface area (TPSA) is 86.8 Å². The number of rotatable bonds is 6. The molecule has 7 nitrogen and oxygen atoms in total. The number of halogens is 1. The maximum absolute atomic E-state index is 13.3. The second-order valence-electron chi connectivity index (χ2n) is 8.87. The van der Waals surface area contributed by atoms with Gasteiger partial charge in [0.05, 0.1) is 24.3 Å². The van der Waals surface area contributed by atoms with E-state index in [0.717, 1.165) is 22.7 Å². The van der Waals surface area contributed by atoms with E-state index in [1.807, 2.05) is 32.0 Å². The fraction of sp³-hybridized carbons (Fsp3) is 0.619. The van der Waals surface area contributed by atoms with Crippen LogP contribution in [0.1, 0.15) is 49.0 Å². The Bertz CT molecular complexity index is 932. The highest BCUT2D eigenvalue weighted by Gasteiger charge is 2.58. The molecule has 0 bridgehead atoms. The van der Waals surface area contributed by atoms with Crippen molar-refractivity contribution in [1.82, 2.24) is 14.5 Å². The normalized spacial score (nSPS) is 26.1. The molecule has 3 fully saturated rings. The molecule has 2 aliphatic heterocycles. The number of benzene rings is 1. The lowest BCUT2D eigenvalue weighted by Gasteiger charge is -2.29. The predicted molar refractivity (Wildman–Crippen MR) is 117 cm³/mol. The van der Waals surface area contributed by atoms with Crippen LogP contribution in [-0.2, 0) is 21.4 Å². The van der Waals surface area contributed by atoms with E-state index in [1.54, 1.807) is 11.0 Å². The van der Waals surface area contributed by atoms with Gasteiger partial charge < -0.3 is 10.2 Å². The average molecular weight is 456 g/mol. The standard InChI is InChI=1S/C21H29N3O4S.ClH/c1-13(2)18-19-17(24(21(18)26)29(3,27)28)9-10-23(19)20(25)15-6-4-5-14(11-15)12-22-16-7-8-16;/h4-6,11,13,16-19,22H,7-10,12H2,1-3H3;1H/t17-,18+,19-;/m0./s1. The summed E-state index contributed by atoms with van der Waals surface area (Å²) in [5.74, 6) is -1.05. The van der Waals surface area contributed by atoms with Crippen LogP contribution in [0.3, 0.4) is 0 Å². The van der Waals surface area contributed by atoms with Gasteiger partial charge in [-0.2, -0.15) is 0 Å². The van der Waals surface area contributed by atoms with Gasteiger partial charge in [0, 0.05) is 24.7 Å². The maximum atomic E-state index is 13.3. The van der Waals surface area contributed by atoms with Gasteiger partial charge in [0.15, 0.2) is 0 Å². The Balaban J connectivity index is 0.00000256. The molecule has 3 aliphatic rings. The summed E-state index contributed by atoms with van der Waals surface area (Å²) >= 11 is 0. The first kappa shape index (κ1) is 23.0. The fourth-order valence-electron chi connectivity index (χ4n) is 4.80. The molecular weight excluding hydrogens is 426 g/mol. The number of sulfonamides is 1. The van der Waals surface area contributed by atoms with Gasteiger partial charge in [0.25, 0.3) is 5.91 Å². The molecule has 2 heterocycles. The molecule has 2 amide bonds. The molecule has 1 aliphatic carbocycles. The zero-order valence-electron chi connectivity index (χ0n) is 17.6. The van der Waals surface area contributed by atoms with Gasteiger partial charge >= 0.3 is 0 Å². The van der Waals surface area contributed by atoms with Crippen LogP contribution in [0.4, 0.5) is 0 Å². The highest BCUT2D eigenvalue weighted by molar-refractivity contribution is 7.88. The molecule has 0 aromatic heterocycles. The third-order valence-electron chi connectivity index (χ3n) is 6.27. The van der Waals surface area contributed by atoms with Gasteiger partial charge in [-0.3, -0.25) is 9.59 Å². The van der Waals surface area contributed by atoms with Gasteiger partial charge in [0.2, 0.25) is 15.9 Å². The Labute approximate surface area is 184 Å². The van der Waals surface area contributed by atoms with Crippen molar-refractivity contribution in [2.75, 3.05) is 12.8 Å². The SMILES string of the molecule is CC(C)[C@H]1C(=O)N(S(C)(=O)=O)[C@H]2CCN(C(=O)c3cccc(CNC4CC4)c3)[C@H]12.Cl. The van der Waals surface area contributed by atoms with Crippen LogP contribution in [0.25, 0.3) is 0 Å². The molecule has 0 radical (unpaired) electrons. The highest BCUT2D eigenvalue weighted by atomic mass is 35.5. The van der Waals surface area contributed by atoms with Crippen molar-refractivity contribution in [2.24, 2.45) is 11.8 Å². The van der Waals surface area contributed by atoms with Crippen LogP contribution in [0.5, 0.6) is 0 Å². The molecule has 166 valence electrons. The van der Waals surface area contributed by atoms with E-state index in [9.17, 15) is 18.0 Å². The first-order chi connectivity index (χ1) is 13.7. The number of hydrogen-bond donors (Lipinski definition) is 1. The van der Waals surface area contributed by atoms with Crippen LogP contribution in [-0.4, -0.2) is 60.4 Å². The number of likely N-dealkylation sites (tertiary alicyclic amines) is 1. The lowest BCUT2D eigenvalue weighted by molar-refractivity contribution is -0.129. The molecule has 0 unspecified atom stereocenters. The first-order valence-electron chi connectivity index (χ1n) is 10.3. The minimum Gasteiger partial charge on any atom is -0.333 e. The van der Waals surface area contributed by atoms with Gasteiger partial charge in [0.1, 0.15) is 0 Å². The zero-order chi connectivity index (χ0) is 20.9. The number of hydrogen-bond acceptors (Lipinski definition) is 5. The molecule has 1 aromatic carbocycles. The van der Waals surface area contributed by atoms with Crippen molar-refractivity contribution in [1.29, 1.82) is 0 Å². The van der Waals surface area contributed by atoms with E-state index < -0.39 is 28.0 Å². The third-order valence-corrected chi connectivity index (χ3v) is 7.44. The molecule has 2 saturated heterocycles. The summed E-state index contributed by atoms with van der Waals surface area (Å²) in [6, 6.07) is 7.30. The Morgan fingerprint density at radius 3 is 2.53 bits per heavy atom. The van der Waals surface area contributed by atoms with Crippen LogP contribution >= 0.6 is 12.4 Å². The molecule has 3 atom stereocenters. The van der Waals surface area contributed by atoms with Crippen LogP contribution in [0.15, 0.2) is 24.3 Å². The summed E-state index contributed by atoms with van der Waals surface area (Å²) < 4.78 is 25.6. The van der Waals surface area contributed by atoms with E-state index in [2.05, 4.69) is 5.32 Å². The van der Waals surface area contributed by atoms with E-state index >= 15 is 0 Å². The van der Waals surface area contributed by atoms with Crippen molar-refractivity contribution in [2.45, 2.75) is 57.8 Å². The molecule has 9 heteroatoms. The lowest BCUT2D eigenvalue weighted by Crippen LogP contribution is -2.44. The maximum Gasteiger partial charge on any atom is 0.254 e. The quantitative estimate of drug-likeness (QED) is 0.709. The molecule has 1 N–H and O–H groups in total. The van der Waals surface area contributed by atoms with Crippen LogP contribution in [0.2, 0.25) is 0 Å². The predicted octanol–water partition coefficient (Wildman–Crippen LogP) is 2.02. The molecule has 30 heavy (non-hydrogen) atoms. The van der Waals surface area contributed by atoms with Crippen LogP contribution in [0, 0.1) is 11.8 Å². The van der Waals surface area contributed by atoms with Crippen molar-refractivity contribution < 1.29 is 18.0 Å². The van der Waals surface area contributed by atoms with E-state index in [-0.39, 0.29) is 30.1 Å². The van der Waals surface area contributed by atoms with Crippen molar-refractivity contribution >= 4 is 34.2 Å². The van der Waals surface area contributed by atoms with Crippen molar-refractivity contribution in [3.05, 3.63) is 35.4 Å². The van der Waals surface area contributed by atoms with Crippen molar-refractivity contribution in [3.63, 3.8) is 0 Å². The number of carbonyl (C=O) groups excluding carboxylic acids is 2. The molecular formula is C21H30ClN3O4S. The Morgan fingerprint density at radius 2 is 1.93 bits per heavy atom. The average Bonchev–Trinajstić information content (AvgIpc) is 3.31. The lowest BCUT2D eigenvalue weighted by atomic mass is 9.88. The minimum atomic E-state index is -3.66. The smallest absolute Gasteiger partial charge is 0.254 e. The van der Waals surface area contributed by atoms with Gasteiger partial charge in [-0.1, -0.05) is 26.0 Å². The van der Waals surface area contributed by atoms with E-state index in [1.165, 1.54) is 12.8 Å². The monoisotopic (exact) mass is 455 g/mol. The summed E-state index contributed by atoms with van der Waals surface area (Å²) in [4.78, 5) is 28.0. The number of nitrogens with zero attached hydrogens (tertiary/aromatic N) is 2. The van der Waals surface area contributed by atoms with E-state index in [0.29, 0.717) is 24.6 Å². The summed E-state index contributed by atoms with van der Waals surface area (Å²) in [7, 11) is -3.66. The van der Waals surface area contributed by atoms with Gasteiger partial charge in [-0.25, -0.2) is 12.7 Å². The third kappa shape index (κ3) is 4.22. The highest BCUT2D eigenvalue weighted by Crippen LogP contribution is 2.41. The fourth-order valence-corrected chi connectivity index (χ4v) is 5.97. The number of amides is 2. The van der Waals surface area contributed by atoms with Gasteiger partial charge in [-0.15, -0.1) is 12.4 Å². The molecule has 1 saturated carbocycles. The summed E-state index contributed by atoms with van der Waals surface area (Å²) in [6.45, 7) is 5.02. The Morgan fingerprint density at radius 1 is 1.23 bits per heavy atom. The zero-order valence-corrected chi connectivity index (χ0v) is 19.2. The summed E-state index contributed by atoms with van der Waals surface area (Å²) in [6.07, 6.45) is 3.97. The summed E-state index contributed by atoms with van der Waals surface area (Å²) in [5.41, 5.74) is 1.65. The molecule has 1 aromatic rings. The number of nitrogens with one attached hydrogen (secondary N) is 1. The number of fused-ring (bicyclic) bond motifs is 1. The Kier molecular flexibility index (Phi) is 6.51. The second kappa shape index (κ2) is 8.48. The largest absolute Gasteiger partial charge is 0.333 e. The molecule has 0 spiro atoms.